The van der Waals surface area contributed by atoms with Crippen LogP contribution in [0.1, 0.15) is 0 Å². The Balaban J connectivity index is 2.43. The summed E-state index contributed by atoms with van der Waals surface area (Å²) >= 11 is 0. The van der Waals surface area contributed by atoms with Crippen LogP contribution in [0.25, 0.3) is 0 Å². The third-order valence-corrected chi connectivity index (χ3v) is 2.15. The van der Waals surface area contributed by atoms with E-state index in [4.69, 9.17) is 0 Å². The summed E-state index contributed by atoms with van der Waals surface area (Å²) in [5.74, 6) is 0. The Hall–Kier alpha value is -0.330. The fourth-order valence-corrected chi connectivity index (χ4v) is 1.50. The molecule has 0 aromatic carbocycles. The molecule has 13 heavy (non-hydrogen) atoms. The molecule has 1 saturated heterocycles. The number of hydrogen-bond acceptors (Lipinski definition) is 3. The van der Waals surface area contributed by atoms with Crippen molar-refractivity contribution in [2.75, 3.05) is 26.7 Å². The van der Waals surface area contributed by atoms with E-state index < -0.39 is 24.9 Å². The number of nitrogens with one attached hydrogen (secondary N) is 1. The van der Waals surface area contributed by atoms with Crippen molar-refractivity contribution in [3.05, 3.63) is 0 Å². The molecule has 0 aliphatic carbocycles. The smallest absolute Gasteiger partial charge is 0.390 e. The Morgan fingerprint density at radius 3 is 2.46 bits per heavy atom. The van der Waals surface area contributed by atoms with Crippen LogP contribution in [0.2, 0.25) is 0 Å². The van der Waals surface area contributed by atoms with Crippen molar-refractivity contribution in [1.82, 2.24) is 10.2 Å². The predicted octanol–water partition coefficient (Wildman–Crippen LogP) is -0.187. The zero-order chi connectivity index (χ0) is 10.1. The highest BCUT2D eigenvalue weighted by molar-refractivity contribution is 4.87. The van der Waals surface area contributed by atoms with Gasteiger partial charge in [0, 0.05) is 19.1 Å². The van der Waals surface area contributed by atoms with Crippen molar-refractivity contribution in [1.29, 1.82) is 0 Å². The number of alkyl halides is 3. The molecule has 0 aromatic heterocycles. The SMILES string of the molecule is CN(CC(F)(F)F)C1CNCC1O. The first-order chi connectivity index (χ1) is 5.90. The Kier molecular flexibility index (Phi) is 3.15. The summed E-state index contributed by atoms with van der Waals surface area (Å²) in [4.78, 5) is 1.13. The van der Waals surface area contributed by atoms with Crippen LogP contribution in [0.4, 0.5) is 13.2 Å². The maximum absolute atomic E-state index is 11.9. The molecule has 2 atom stereocenters. The highest BCUT2D eigenvalue weighted by Gasteiger charge is 2.36. The Morgan fingerprint density at radius 2 is 2.08 bits per heavy atom. The Morgan fingerprint density at radius 1 is 1.46 bits per heavy atom. The lowest BCUT2D eigenvalue weighted by atomic mass is 10.2. The van der Waals surface area contributed by atoms with Gasteiger partial charge >= 0.3 is 6.18 Å². The molecule has 1 rings (SSSR count). The first kappa shape index (κ1) is 10.7. The molecule has 78 valence electrons. The third kappa shape index (κ3) is 3.13. The molecule has 2 unspecified atom stereocenters. The fraction of sp³-hybridized carbons (Fsp3) is 1.00. The minimum Gasteiger partial charge on any atom is -0.390 e. The van der Waals surface area contributed by atoms with Gasteiger partial charge < -0.3 is 10.4 Å². The van der Waals surface area contributed by atoms with E-state index in [1.165, 1.54) is 7.05 Å². The zero-order valence-corrected chi connectivity index (χ0v) is 7.30. The van der Waals surface area contributed by atoms with E-state index in [1.807, 2.05) is 0 Å². The van der Waals surface area contributed by atoms with Gasteiger partial charge in [-0.3, -0.25) is 4.90 Å². The minimum atomic E-state index is -4.20. The Bertz CT molecular complexity index is 174. The van der Waals surface area contributed by atoms with Gasteiger partial charge in [-0.15, -0.1) is 0 Å². The van der Waals surface area contributed by atoms with Crippen LogP contribution >= 0.6 is 0 Å². The third-order valence-electron chi connectivity index (χ3n) is 2.15. The molecule has 2 N–H and O–H groups in total. The second-order valence-electron chi connectivity index (χ2n) is 3.32. The van der Waals surface area contributed by atoms with E-state index in [0.717, 1.165) is 4.90 Å². The average molecular weight is 198 g/mol. The molecule has 0 spiro atoms. The summed E-state index contributed by atoms with van der Waals surface area (Å²) in [5, 5.41) is 12.1. The summed E-state index contributed by atoms with van der Waals surface area (Å²) in [7, 11) is 1.37. The standard InChI is InChI=1S/C7H13F3N2O/c1-12(4-7(8,9)10)5-2-11-3-6(5)13/h5-6,11,13H,2-4H2,1H3. The van der Waals surface area contributed by atoms with E-state index in [2.05, 4.69) is 5.32 Å². The maximum atomic E-state index is 11.9. The topological polar surface area (TPSA) is 35.5 Å². The number of β-amino-alcohol motifs (C(OH)–C–C–N with tert-alkyl or cyclic N) is 1. The lowest BCUT2D eigenvalue weighted by molar-refractivity contribution is -0.149. The molecule has 1 aliphatic heterocycles. The van der Waals surface area contributed by atoms with Crippen LogP contribution in [0, 0.1) is 0 Å². The summed E-state index contributed by atoms with van der Waals surface area (Å²) < 4.78 is 35.8. The van der Waals surface area contributed by atoms with Crippen LogP contribution in [0.5, 0.6) is 0 Å². The summed E-state index contributed by atoms with van der Waals surface area (Å²) in [5.41, 5.74) is 0. The number of aliphatic hydroxyl groups is 1. The number of likely N-dealkylation sites (N-methyl/N-ethyl adjacent to an activating group) is 1. The van der Waals surface area contributed by atoms with E-state index in [-0.39, 0.29) is 0 Å². The molecule has 0 amide bonds. The number of halogens is 3. The van der Waals surface area contributed by atoms with Crippen LogP contribution in [-0.2, 0) is 0 Å². The summed E-state index contributed by atoms with van der Waals surface area (Å²) in [6, 6.07) is -0.429. The van der Waals surface area contributed by atoms with Crippen molar-refractivity contribution >= 4 is 0 Å². The van der Waals surface area contributed by atoms with Gasteiger partial charge in [0.1, 0.15) is 0 Å². The van der Waals surface area contributed by atoms with Gasteiger partial charge in [-0.2, -0.15) is 13.2 Å². The van der Waals surface area contributed by atoms with Crippen molar-refractivity contribution in [3.8, 4) is 0 Å². The Labute approximate surface area is 74.5 Å². The largest absolute Gasteiger partial charge is 0.401 e. The van der Waals surface area contributed by atoms with Crippen LogP contribution in [0.3, 0.4) is 0 Å². The molecule has 0 radical (unpaired) electrons. The number of rotatable bonds is 2. The van der Waals surface area contributed by atoms with Crippen LogP contribution < -0.4 is 5.32 Å². The average Bonchev–Trinajstić information content (AvgIpc) is 2.30. The monoisotopic (exact) mass is 198 g/mol. The second kappa shape index (κ2) is 3.81. The van der Waals surface area contributed by atoms with Gasteiger partial charge in [0.2, 0.25) is 0 Å². The number of hydrogen-bond donors (Lipinski definition) is 2. The fourth-order valence-electron chi connectivity index (χ4n) is 1.50. The highest BCUT2D eigenvalue weighted by Crippen LogP contribution is 2.18. The van der Waals surface area contributed by atoms with Crippen molar-refractivity contribution in [2.45, 2.75) is 18.3 Å². The normalized spacial score (nSPS) is 30.0. The van der Waals surface area contributed by atoms with Crippen LogP contribution in [0.15, 0.2) is 0 Å². The van der Waals surface area contributed by atoms with Crippen molar-refractivity contribution in [3.63, 3.8) is 0 Å². The summed E-state index contributed by atoms with van der Waals surface area (Å²) in [6.07, 6.45) is -4.90. The second-order valence-corrected chi connectivity index (χ2v) is 3.32. The molecule has 0 aromatic rings. The van der Waals surface area contributed by atoms with Gasteiger partial charge in [0.15, 0.2) is 0 Å². The first-order valence-electron chi connectivity index (χ1n) is 4.06. The predicted molar refractivity (Wildman–Crippen MR) is 41.3 cm³/mol. The van der Waals surface area contributed by atoms with Gasteiger partial charge in [0.25, 0.3) is 0 Å². The van der Waals surface area contributed by atoms with Gasteiger partial charge in [-0.05, 0) is 7.05 Å². The van der Waals surface area contributed by atoms with Gasteiger partial charge in [0.05, 0.1) is 12.6 Å². The van der Waals surface area contributed by atoms with Crippen molar-refractivity contribution in [2.24, 2.45) is 0 Å². The lowest BCUT2D eigenvalue weighted by Crippen LogP contribution is -2.45. The maximum Gasteiger partial charge on any atom is 0.401 e. The lowest BCUT2D eigenvalue weighted by Gasteiger charge is -2.26. The van der Waals surface area contributed by atoms with Gasteiger partial charge in [-0.25, -0.2) is 0 Å². The molecule has 6 heteroatoms. The first-order valence-corrected chi connectivity index (χ1v) is 4.06. The van der Waals surface area contributed by atoms with Crippen molar-refractivity contribution < 1.29 is 18.3 Å². The molecular formula is C7H13F3N2O. The molecule has 1 fully saturated rings. The quantitative estimate of drug-likeness (QED) is 0.645. The molecular weight excluding hydrogens is 185 g/mol. The molecule has 1 aliphatic rings. The number of aliphatic hydroxyl groups excluding tert-OH is 1. The molecule has 0 saturated carbocycles. The minimum absolute atomic E-state index is 0.368. The molecule has 0 bridgehead atoms. The van der Waals surface area contributed by atoms with E-state index in [1.54, 1.807) is 0 Å². The molecule has 3 nitrogen and oxygen atoms in total. The number of nitrogens with zero attached hydrogens (tertiary/aromatic N) is 1. The van der Waals surface area contributed by atoms with Gasteiger partial charge in [-0.1, -0.05) is 0 Å². The van der Waals surface area contributed by atoms with E-state index in [9.17, 15) is 18.3 Å². The van der Waals surface area contributed by atoms with E-state index >= 15 is 0 Å². The molecule has 1 heterocycles. The van der Waals surface area contributed by atoms with E-state index in [0.29, 0.717) is 13.1 Å². The summed E-state index contributed by atoms with van der Waals surface area (Å²) in [6.45, 7) is -0.197. The highest BCUT2D eigenvalue weighted by atomic mass is 19.4. The van der Waals surface area contributed by atoms with Crippen LogP contribution in [-0.4, -0.2) is 55.0 Å². The zero-order valence-electron chi connectivity index (χ0n) is 7.30.